The van der Waals surface area contributed by atoms with Gasteiger partial charge in [-0.1, -0.05) is 0 Å². The summed E-state index contributed by atoms with van der Waals surface area (Å²) in [5.41, 5.74) is 0. The van der Waals surface area contributed by atoms with E-state index in [4.69, 9.17) is 13.9 Å². The monoisotopic (exact) mass is 204 g/mol. The standard InChI is InChI=1S/C9H20O3Si/c1-3-12-13(2)6-4-5-10-7-9-8-11-9/h9,13H,3-8H2,1-2H3/t9-,13?/m0/s1. The van der Waals surface area contributed by atoms with Crippen molar-refractivity contribution < 1.29 is 13.9 Å². The quantitative estimate of drug-likeness (QED) is 0.338. The van der Waals surface area contributed by atoms with E-state index in [1.165, 1.54) is 6.04 Å². The average molecular weight is 204 g/mol. The first-order valence-electron chi connectivity index (χ1n) is 5.14. The molecule has 0 aromatic heterocycles. The number of rotatable bonds is 8. The van der Waals surface area contributed by atoms with Gasteiger partial charge in [0.1, 0.15) is 6.10 Å². The molecule has 0 aliphatic carbocycles. The zero-order valence-electron chi connectivity index (χ0n) is 8.62. The first-order chi connectivity index (χ1) is 6.33. The van der Waals surface area contributed by atoms with E-state index < -0.39 is 9.04 Å². The highest BCUT2D eigenvalue weighted by Gasteiger charge is 2.21. The van der Waals surface area contributed by atoms with E-state index in [-0.39, 0.29) is 0 Å². The summed E-state index contributed by atoms with van der Waals surface area (Å²) in [4.78, 5) is 0. The molecule has 78 valence electrons. The molecule has 1 saturated heterocycles. The summed E-state index contributed by atoms with van der Waals surface area (Å²) in [5.74, 6) is 0. The van der Waals surface area contributed by atoms with Crippen molar-refractivity contribution in [1.29, 1.82) is 0 Å². The lowest BCUT2D eigenvalue weighted by atomic mass is 10.5. The summed E-state index contributed by atoms with van der Waals surface area (Å²) >= 11 is 0. The van der Waals surface area contributed by atoms with Crippen molar-refractivity contribution in [2.75, 3.05) is 26.4 Å². The van der Waals surface area contributed by atoms with Crippen LogP contribution in [0.3, 0.4) is 0 Å². The molecule has 1 aliphatic rings. The smallest absolute Gasteiger partial charge is 0.173 e. The Balaban J connectivity index is 1.76. The van der Waals surface area contributed by atoms with Crippen LogP contribution in [-0.4, -0.2) is 41.6 Å². The second-order valence-corrected chi connectivity index (χ2v) is 5.97. The Bertz CT molecular complexity index is 128. The minimum Gasteiger partial charge on any atom is -0.421 e. The van der Waals surface area contributed by atoms with Gasteiger partial charge in [-0.25, -0.2) is 0 Å². The highest BCUT2D eigenvalue weighted by atomic mass is 28.3. The van der Waals surface area contributed by atoms with E-state index in [9.17, 15) is 0 Å². The third-order valence-electron chi connectivity index (χ3n) is 2.06. The number of hydrogen-bond acceptors (Lipinski definition) is 3. The van der Waals surface area contributed by atoms with Gasteiger partial charge in [0, 0.05) is 13.2 Å². The first-order valence-corrected chi connectivity index (χ1v) is 7.58. The molecule has 13 heavy (non-hydrogen) atoms. The van der Waals surface area contributed by atoms with Gasteiger partial charge < -0.3 is 13.9 Å². The molecule has 0 radical (unpaired) electrons. The average Bonchev–Trinajstić information content (AvgIpc) is 2.88. The first kappa shape index (κ1) is 11.2. The lowest BCUT2D eigenvalue weighted by molar-refractivity contribution is 0.116. The summed E-state index contributed by atoms with van der Waals surface area (Å²) in [6.07, 6.45) is 1.54. The molecule has 3 nitrogen and oxygen atoms in total. The molecule has 0 aromatic carbocycles. The van der Waals surface area contributed by atoms with Crippen LogP contribution in [0.4, 0.5) is 0 Å². The fraction of sp³-hybridized carbons (Fsp3) is 1.00. The van der Waals surface area contributed by atoms with Gasteiger partial charge in [0.05, 0.1) is 13.2 Å². The van der Waals surface area contributed by atoms with Gasteiger partial charge >= 0.3 is 0 Å². The van der Waals surface area contributed by atoms with Crippen molar-refractivity contribution in [2.45, 2.75) is 32.0 Å². The van der Waals surface area contributed by atoms with E-state index in [0.717, 1.165) is 32.8 Å². The van der Waals surface area contributed by atoms with E-state index in [2.05, 4.69) is 13.5 Å². The summed E-state index contributed by atoms with van der Waals surface area (Å²) in [5, 5.41) is 0. The number of ether oxygens (including phenoxy) is 2. The molecular weight excluding hydrogens is 184 g/mol. The Hall–Kier alpha value is 0.0969. The van der Waals surface area contributed by atoms with Gasteiger partial charge in [-0.2, -0.15) is 0 Å². The summed E-state index contributed by atoms with van der Waals surface area (Å²) in [7, 11) is -0.865. The van der Waals surface area contributed by atoms with E-state index in [1.807, 2.05) is 0 Å². The van der Waals surface area contributed by atoms with Crippen LogP contribution in [0.1, 0.15) is 13.3 Å². The molecule has 0 saturated carbocycles. The largest absolute Gasteiger partial charge is 0.421 e. The molecule has 2 atom stereocenters. The Morgan fingerprint density at radius 1 is 1.54 bits per heavy atom. The molecule has 4 heteroatoms. The highest BCUT2D eigenvalue weighted by Crippen LogP contribution is 2.09. The fourth-order valence-electron chi connectivity index (χ4n) is 1.22. The molecule has 0 spiro atoms. The molecule has 0 amide bonds. The van der Waals surface area contributed by atoms with Crippen LogP contribution in [0.25, 0.3) is 0 Å². The highest BCUT2D eigenvalue weighted by molar-refractivity contribution is 6.50. The Labute approximate surface area is 82.1 Å². The van der Waals surface area contributed by atoms with Crippen molar-refractivity contribution in [3.63, 3.8) is 0 Å². The minimum absolute atomic E-state index is 0.404. The molecule has 1 aliphatic heterocycles. The normalized spacial score (nSPS) is 23.1. The third-order valence-corrected chi connectivity index (χ3v) is 4.18. The zero-order valence-corrected chi connectivity index (χ0v) is 9.78. The van der Waals surface area contributed by atoms with Crippen molar-refractivity contribution in [1.82, 2.24) is 0 Å². The predicted octanol–water partition coefficient (Wildman–Crippen LogP) is 1.18. The molecular formula is C9H20O3Si. The van der Waals surface area contributed by atoms with Gasteiger partial charge in [0.15, 0.2) is 9.04 Å². The maximum atomic E-state index is 5.54. The number of hydrogen-bond donors (Lipinski definition) is 0. The lowest BCUT2D eigenvalue weighted by Gasteiger charge is -2.09. The summed E-state index contributed by atoms with van der Waals surface area (Å²) in [6.45, 7) is 7.71. The Morgan fingerprint density at radius 2 is 2.31 bits per heavy atom. The van der Waals surface area contributed by atoms with E-state index in [1.54, 1.807) is 0 Å². The van der Waals surface area contributed by atoms with Crippen LogP contribution in [0.15, 0.2) is 0 Å². The summed E-state index contributed by atoms with van der Waals surface area (Å²) < 4.78 is 16.0. The van der Waals surface area contributed by atoms with Gasteiger partial charge in [-0.3, -0.25) is 0 Å². The second kappa shape index (κ2) is 6.54. The second-order valence-electron chi connectivity index (χ2n) is 3.44. The molecule has 1 rings (SSSR count). The van der Waals surface area contributed by atoms with E-state index in [0.29, 0.717) is 6.10 Å². The predicted molar refractivity (Wildman–Crippen MR) is 54.6 cm³/mol. The van der Waals surface area contributed by atoms with Gasteiger partial charge in [0.2, 0.25) is 0 Å². The molecule has 0 bridgehead atoms. The van der Waals surface area contributed by atoms with Crippen LogP contribution < -0.4 is 0 Å². The molecule has 0 aromatic rings. The topological polar surface area (TPSA) is 31.0 Å². The van der Waals surface area contributed by atoms with Crippen molar-refractivity contribution >= 4 is 9.04 Å². The van der Waals surface area contributed by atoms with E-state index >= 15 is 0 Å². The molecule has 1 heterocycles. The maximum absolute atomic E-state index is 5.54. The Kier molecular flexibility index (Phi) is 5.62. The van der Waals surface area contributed by atoms with Gasteiger partial charge in [-0.05, 0) is 25.9 Å². The SMILES string of the molecule is CCO[SiH](C)CCCOC[C@H]1CO1. The van der Waals surface area contributed by atoms with Gasteiger partial charge in [0.25, 0.3) is 0 Å². The fourth-order valence-corrected chi connectivity index (χ4v) is 2.70. The Morgan fingerprint density at radius 3 is 2.92 bits per heavy atom. The van der Waals surface area contributed by atoms with Crippen LogP contribution >= 0.6 is 0 Å². The molecule has 0 N–H and O–H groups in total. The summed E-state index contributed by atoms with van der Waals surface area (Å²) in [6, 6.07) is 1.22. The van der Waals surface area contributed by atoms with Crippen LogP contribution in [0.5, 0.6) is 0 Å². The van der Waals surface area contributed by atoms with Crippen LogP contribution in [0, 0.1) is 0 Å². The van der Waals surface area contributed by atoms with Crippen molar-refractivity contribution in [3.8, 4) is 0 Å². The number of epoxide rings is 1. The lowest BCUT2D eigenvalue weighted by Crippen LogP contribution is -2.14. The maximum Gasteiger partial charge on any atom is 0.173 e. The third kappa shape index (κ3) is 6.21. The van der Waals surface area contributed by atoms with Crippen LogP contribution in [0.2, 0.25) is 12.6 Å². The zero-order chi connectivity index (χ0) is 9.52. The minimum atomic E-state index is -0.865. The van der Waals surface area contributed by atoms with Crippen molar-refractivity contribution in [3.05, 3.63) is 0 Å². The molecule has 1 unspecified atom stereocenters. The van der Waals surface area contributed by atoms with Crippen LogP contribution in [-0.2, 0) is 13.9 Å². The van der Waals surface area contributed by atoms with Gasteiger partial charge in [-0.15, -0.1) is 0 Å². The molecule has 1 fully saturated rings. The van der Waals surface area contributed by atoms with Crippen molar-refractivity contribution in [2.24, 2.45) is 0 Å².